The first kappa shape index (κ1) is 43.3. The van der Waals surface area contributed by atoms with Crippen LogP contribution in [0.15, 0.2) is 0 Å². The average Bonchev–Trinajstić information content (AvgIpc) is 2.95. The van der Waals surface area contributed by atoms with Crippen LogP contribution in [-0.2, 0) is 42.7 Å². The highest BCUT2D eigenvalue weighted by molar-refractivity contribution is 5.76. The van der Waals surface area contributed by atoms with Crippen molar-refractivity contribution in [2.75, 3.05) is 105 Å². The van der Waals surface area contributed by atoms with Gasteiger partial charge >= 0.3 is 12.2 Å². The van der Waals surface area contributed by atoms with Gasteiger partial charge in [0.05, 0.1) is 79.1 Å². The zero-order chi connectivity index (χ0) is 34.5. The lowest BCUT2D eigenvalue weighted by Crippen LogP contribution is -2.36. The molecule has 0 unspecified atom stereocenters. The van der Waals surface area contributed by atoms with Gasteiger partial charge < -0.3 is 53.4 Å². The molecule has 14 heteroatoms. The van der Waals surface area contributed by atoms with Crippen molar-refractivity contribution >= 4 is 18.1 Å². The van der Waals surface area contributed by atoms with Crippen LogP contribution in [-0.4, -0.2) is 140 Å². The van der Waals surface area contributed by atoms with Gasteiger partial charge in [-0.05, 0) is 54.4 Å². The predicted octanol–water partition coefficient (Wildman–Crippen LogP) is 2.77. The molecule has 0 saturated heterocycles. The van der Waals surface area contributed by atoms with E-state index in [1.54, 1.807) is 25.7 Å². The molecule has 14 nitrogen and oxygen atoms in total. The van der Waals surface area contributed by atoms with Gasteiger partial charge in [0.2, 0.25) is 5.91 Å². The lowest BCUT2D eigenvalue weighted by molar-refractivity contribution is -0.133. The number of amides is 3. The summed E-state index contributed by atoms with van der Waals surface area (Å²) < 4.78 is 43.1. The molecule has 0 bridgehead atoms. The van der Waals surface area contributed by atoms with Crippen molar-refractivity contribution in [2.24, 2.45) is 0 Å². The van der Waals surface area contributed by atoms with Gasteiger partial charge in [-0.3, -0.25) is 4.79 Å². The van der Waals surface area contributed by atoms with E-state index >= 15 is 0 Å². The third-order valence-electron chi connectivity index (χ3n) is 5.43. The largest absolute Gasteiger partial charge is 0.444 e. The highest BCUT2D eigenvalue weighted by Gasteiger charge is 2.17. The van der Waals surface area contributed by atoms with Gasteiger partial charge in [-0.15, -0.1) is 6.42 Å². The maximum atomic E-state index is 12.9. The average molecular weight is 662 g/mol. The number of carbonyl (C=O) groups is 3. The normalized spacial score (nSPS) is 11.5. The molecule has 3 amide bonds. The Labute approximate surface area is 275 Å². The Morgan fingerprint density at radius 3 is 1.57 bits per heavy atom. The molecule has 0 aromatic heterocycles. The second kappa shape index (κ2) is 27.4. The Bertz CT molecular complexity index is 839. The Hall–Kier alpha value is -2.67. The van der Waals surface area contributed by atoms with Gasteiger partial charge in [-0.2, -0.15) is 0 Å². The number of nitrogens with one attached hydrogen (secondary N) is 2. The molecule has 0 aliphatic carbocycles. The van der Waals surface area contributed by atoms with Crippen LogP contribution in [0.1, 0.15) is 60.8 Å². The molecule has 268 valence electrons. The second-order valence-corrected chi connectivity index (χ2v) is 12.0. The van der Waals surface area contributed by atoms with E-state index in [-0.39, 0.29) is 25.5 Å². The van der Waals surface area contributed by atoms with Crippen LogP contribution in [0.3, 0.4) is 0 Å². The van der Waals surface area contributed by atoms with Gasteiger partial charge in [0.1, 0.15) is 17.8 Å². The highest BCUT2D eigenvalue weighted by atomic mass is 16.6. The molecule has 46 heavy (non-hydrogen) atoms. The molecule has 0 saturated carbocycles. The molecule has 0 aromatic rings. The fourth-order valence-corrected chi connectivity index (χ4v) is 3.44. The topological polar surface area (TPSA) is 152 Å². The lowest BCUT2D eigenvalue weighted by Gasteiger charge is -2.23. The fraction of sp³-hybridized carbons (Fsp3) is 0.844. The smallest absolute Gasteiger partial charge is 0.407 e. The second-order valence-electron chi connectivity index (χ2n) is 12.0. The van der Waals surface area contributed by atoms with Crippen molar-refractivity contribution in [3.8, 4) is 12.3 Å². The van der Waals surface area contributed by atoms with Crippen molar-refractivity contribution in [3.63, 3.8) is 0 Å². The van der Waals surface area contributed by atoms with Crippen molar-refractivity contribution in [1.82, 2.24) is 15.5 Å². The van der Waals surface area contributed by atoms with E-state index in [1.165, 1.54) is 0 Å². The summed E-state index contributed by atoms with van der Waals surface area (Å²) in [5.41, 5.74) is -1.11. The van der Waals surface area contributed by atoms with Crippen LogP contribution in [0.25, 0.3) is 0 Å². The van der Waals surface area contributed by atoms with Gasteiger partial charge in [0, 0.05) is 26.2 Å². The van der Waals surface area contributed by atoms with Crippen molar-refractivity contribution in [2.45, 2.75) is 72.0 Å². The van der Waals surface area contributed by atoms with Gasteiger partial charge in [0.15, 0.2) is 0 Å². The molecule has 0 rings (SSSR count). The molecule has 0 aliphatic rings. The molecule has 0 aromatic carbocycles. The van der Waals surface area contributed by atoms with Gasteiger partial charge in [-0.25, -0.2) is 9.59 Å². The molecule has 0 radical (unpaired) electrons. The Morgan fingerprint density at radius 2 is 1.04 bits per heavy atom. The molecular formula is C32H59N3O11. The maximum absolute atomic E-state index is 12.9. The Morgan fingerprint density at radius 1 is 0.587 bits per heavy atom. The van der Waals surface area contributed by atoms with E-state index in [2.05, 4.69) is 16.6 Å². The van der Waals surface area contributed by atoms with E-state index in [4.69, 9.17) is 44.3 Å². The molecule has 0 atom stereocenters. The lowest BCUT2D eigenvalue weighted by atomic mass is 10.2. The number of carbonyl (C=O) groups excluding carboxylic acids is 3. The zero-order valence-corrected chi connectivity index (χ0v) is 29.0. The van der Waals surface area contributed by atoms with Crippen LogP contribution in [0.2, 0.25) is 0 Å². The van der Waals surface area contributed by atoms with Crippen molar-refractivity contribution < 1.29 is 52.3 Å². The minimum absolute atomic E-state index is 0.0467. The molecule has 0 spiro atoms. The summed E-state index contributed by atoms with van der Waals surface area (Å²) in [5, 5.41) is 5.36. The number of nitrogens with zero attached hydrogens (tertiary/aromatic N) is 1. The van der Waals surface area contributed by atoms with Crippen LogP contribution in [0.4, 0.5) is 9.59 Å². The summed E-state index contributed by atoms with van der Waals surface area (Å²) in [6.07, 6.45) is 5.76. The number of hydrogen-bond donors (Lipinski definition) is 2. The summed E-state index contributed by atoms with van der Waals surface area (Å²) >= 11 is 0. The van der Waals surface area contributed by atoms with Crippen LogP contribution < -0.4 is 10.6 Å². The summed E-state index contributed by atoms with van der Waals surface area (Å²) in [5.74, 6) is 2.34. The van der Waals surface area contributed by atoms with Crippen LogP contribution in [0.5, 0.6) is 0 Å². The number of terminal acetylenes is 1. The molecule has 2 N–H and O–H groups in total. The Balaban J connectivity index is 4.26. The van der Waals surface area contributed by atoms with E-state index in [1.807, 2.05) is 20.8 Å². The number of ether oxygens (including phenoxy) is 8. The van der Waals surface area contributed by atoms with Crippen LogP contribution >= 0.6 is 0 Å². The minimum Gasteiger partial charge on any atom is -0.444 e. The third kappa shape index (κ3) is 31.3. The number of alkyl carbamates (subject to hydrolysis) is 2. The summed E-state index contributed by atoms with van der Waals surface area (Å²) in [4.78, 5) is 38.1. The summed E-state index contributed by atoms with van der Waals surface area (Å²) in [7, 11) is 0. The Kier molecular flexibility index (Phi) is 25.9. The van der Waals surface area contributed by atoms with Crippen molar-refractivity contribution in [1.29, 1.82) is 0 Å². The first-order valence-corrected chi connectivity index (χ1v) is 16.0. The molecular weight excluding hydrogens is 602 g/mol. The quantitative estimate of drug-likeness (QED) is 0.0988. The summed E-state index contributed by atoms with van der Waals surface area (Å²) in [6.45, 7) is 17.0. The van der Waals surface area contributed by atoms with E-state index in [9.17, 15) is 14.4 Å². The zero-order valence-electron chi connectivity index (χ0n) is 29.0. The highest BCUT2D eigenvalue weighted by Crippen LogP contribution is 2.07. The van der Waals surface area contributed by atoms with Crippen LogP contribution in [0, 0.1) is 12.3 Å². The minimum atomic E-state index is -0.559. The van der Waals surface area contributed by atoms with E-state index in [0.29, 0.717) is 105 Å². The van der Waals surface area contributed by atoms with E-state index < -0.39 is 23.4 Å². The molecule has 0 aliphatic heterocycles. The maximum Gasteiger partial charge on any atom is 0.407 e. The number of rotatable bonds is 27. The fourth-order valence-electron chi connectivity index (χ4n) is 3.44. The van der Waals surface area contributed by atoms with Gasteiger partial charge in [0.25, 0.3) is 0 Å². The first-order chi connectivity index (χ1) is 21.8. The summed E-state index contributed by atoms with van der Waals surface area (Å²) in [6, 6.07) is 0. The number of unbranched alkanes of at least 4 members (excludes halogenated alkanes) is 1. The molecule has 0 fully saturated rings. The SMILES string of the molecule is C#CCOCCOCCOCCOCCC(=O)N(CCCCNC(=O)OC(C)(C)C)CCOCCOCCNC(=O)OC(C)(C)C. The van der Waals surface area contributed by atoms with Gasteiger partial charge in [-0.1, -0.05) is 5.92 Å². The monoisotopic (exact) mass is 661 g/mol. The standard InChI is InChI=1S/C32H59N3O11/c1-8-16-39-20-24-43-26-27-44-25-21-40-17-11-28(36)35(14-10-9-12-33-29(37)45-31(2,3)4)15-19-42-23-22-41-18-13-34-30(38)46-32(5,6)7/h1H,9-27H2,2-7H3,(H,33,37)(H,34,38). The predicted molar refractivity (Wildman–Crippen MR) is 173 cm³/mol. The third-order valence-corrected chi connectivity index (χ3v) is 5.43. The number of hydrogen-bond acceptors (Lipinski definition) is 11. The first-order valence-electron chi connectivity index (χ1n) is 16.0. The van der Waals surface area contributed by atoms with Crippen molar-refractivity contribution in [3.05, 3.63) is 0 Å². The molecule has 0 heterocycles. The van der Waals surface area contributed by atoms with E-state index in [0.717, 1.165) is 0 Å².